The molecule has 0 saturated heterocycles. The van der Waals surface area contributed by atoms with Crippen molar-refractivity contribution in [2.45, 2.75) is 0 Å². The molecule has 7 heteroatoms. The fraction of sp³-hybridized carbons (Fsp3) is 0. The maximum Gasteiger partial charge on any atom is 0.269 e. The van der Waals surface area contributed by atoms with Crippen LogP contribution in [0.15, 0.2) is 77.6 Å². The van der Waals surface area contributed by atoms with E-state index in [0.717, 1.165) is 16.2 Å². The smallest absolute Gasteiger partial charge is 0.269 e. The second kappa shape index (κ2) is 5.95. The third-order valence-corrected chi connectivity index (χ3v) is 4.83. The van der Waals surface area contributed by atoms with Crippen LogP contribution in [0.5, 0.6) is 0 Å². The summed E-state index contributed by atoms with van der Waals surface area (Å²) in [6.07, 6.45) is 0. The number of nitro benzene ring substituents is 1. The van der Waals surface area contributed by atoms with E-state index < -0.39 is 4.92 Å². The fourth-order valence-electron chi connectivity index (χ4n) is 3.54. The molecule has 1 aromatic heterocycles. The molecule has 1 heterocycles. The quantitative estimate of drug-likeness (QED) is 0.347. The van der Waals surface area contributed by atoms with Gasteiger partial charge in [-0.1, -0.05) is 53.7 Å². The van der Waals surface area contributed by atoms with E-state index in [9.17, 15) is 14.9 Å². The zero-order valence-electron chi connectivity index (χ0n) is 14.4. The molecule has 0 aliphatic rings. The first-order valence-corrected chi connectivity index (χ1v) is 8.59. The van der Waals surface area contributed by atoms with Crippen molar-refractivity contribution in [1.82, 2.24) is 15.0 Å². The molecule has 0 spiro atoms. The highest BCUT2D eigenvalue weighted by Gasteiger charge is 2.16. The van der Waals surface area contributed by atoms with Crippen LogP contribution in [0.3, 0.4) is 0 Å². The maximum absolute atomic E-state index is 13.2. The monoisotopic (exact) mass is 368 g/mol. The number of hydrogen-bond donors (Lipinski definition) is 0. The molecule has 5 rings (SSSR count). The van der Waals surface area contributed by atoms with Crippen LogP contribution < -0.4 is 5.43 Å². The molecule has 0 fully saturated rings. The molecule has 28 heavy (non-hydrogen) atoms. The third kappa shape index (κ3) is 2.26. The summed E-state index contributed by atoms with van der Waals surface area (Å²) < 4.78 is 1.56. The summed E-state index contributed by atoms with van der Waals surface area (Å²) in [4.78, 5) is 23.7. The van der Waals surface area contributed by atoms with Gasteiger partial charge in [0.15, 0.2) is 5.52 Å². The van der Waals surface area contributed by atoms with Crippen LogP contribution in [0.1, 0.15) is 0 Å². The Hall–Kier alpha value is -4.13. The Morgan fingerprint density at radius 1 is 0.786 bits per heavy atom. The lowest BCUT2D eigenvalue weighted by Crippen LogP contribution is -1.99. The van der Waals surface area contributed by atoms with Crippen LogP contribution in [0, 0.1) is 10.1 Å². The van der Waals surface area contributed by atoms with Crippen LogP contribution in [0.4, 0.5) is 5.69 Å². The molecule has 0 atom stereocenters. The highest BCUT2D eigenvalue weighted by atomic mass is 16.6. The second-order valence-electron chi connectivity index (χ2n) is 6.39. The Morgan fingerprint density at radius 2 is 1.36 bits per heavy atom. The Morgan fingerprint density at radius 3 is 2.00 bits per heavy atom. The van der Waals surface area contributed by atoms with Crippen molar-refractivity contribution in [1.29, 1.82) is 0 Å². The SMILES string of the molecule is O=c1c2ccccc2c2ccccc2c2c1nnn2-c1ccc([N+](=O)[O-])cc1. The van der Waals surface area contributed by atoms with Crippen LogP contribution in [0.2, 0.25) is 0 Å². The molecule has 0 aliphatic carbocycles. The molecule has 4 aromatic carbocycles. The van der Waals surface area contributed by atoms with Gasteiger partial charge in [-0.25, -0.2) is 4.68 Å². The van der Waals surface area contributed by atoms with Crippen LogP contribution in [-0.2, 0) is 0 Å². The number of rotatable bonds is 2. The highest BCUT2D eigenvalue weighted by molar-refractivity contribution is 6.15. The van der Waals surface area contributed by atoms with E-state index in [-0.39, 0.29) is 16.6 Å². The number of nitrogens with zero attached hydrogens (tertiary/aromatic N) is 4. The molecule has 0 saturated carbocycles. The van der Waals surface area contributed by atoms with E-state index >= 15 is 0 Å². The number of benzene rings is 3. The van der Waals surface area contributed by atoms with Crippen molar-refractivity contribution < 1.29 is 4.92 Å². The van der Waals surface area contributed by atoms with Gasteiger partial charge in [-0.15, -0.1) is 5.10 Å². The van der Waals surface area contributed by atoms with Crippen LogP contribution >= 0.6 is 0 Å². The first kappa shape index (κ1) is 16.1. The number of aromatic nitrogens is 3. The van der Waals surface area contributed by atoms with Gasteiger partial charge < -0.3 is 0 Å². The standard InChI is InChI=1S/C21H12N4O3/c26-21-18-8-4-2-6-16(18)15-5-1-3-7-17(15)20-19(21)22-23-24(20)13-9-11-14(12-10-13)25(27)28/h1-12H. The van der Waals surface area contributed by atoms with Gasteiger partial charge in [0.25, 0.3) is 5.69 Å². The number of hydrogen-bond acceptors (Lipinski definition) is 5. The van der Waals surface area contributed by atoms with E-state index in [1.807, 2.05) is 42.5 Å². The lowest BCUT2D eigenvalue weighted by Gasteiger charge is -2.03. The minimum Gasteiger partial charge on any atom is -0.287 e. The van der Waals surface area contributed by atoms with Gasteiger partial charge in [-0.05, 0) is 22.9 Å². The van der Waals surface area contributed by atoms with Gasteiger partial charge >= 0.3 is 0 Å². The maximum atomic E-state index is 13.2. The summed E-state index contributed by atoms with van der Waals surface area (Å²) in [5, 5.41) is 22.4. The van der Waals surface area contributed by atoms with Crippen molar-refractivity contribution in [2.75, 3.05) is 0 Å². The minimum atomic E-state index is -0.457. The molecule has 0 unspecified atom stereocenters. The van der Waals surface area contributed by atoms with Crippen molar-refractivity contribution >= 4 is 38.3 Å². The summed E-state index contributed by atoms with van der Waals surface area (Å²) in [6.45, 7) is 0. The highest BCUT2D eigenvalue weighted by Crippen LogP contribution is 2.28. The van der Waals surface area contributed by atoms with Gasteiger partial charge in [-0.3, -0.25) is 14.9 Å². The molecule has 5 aromatic rings. The zero-order chi connectivity index (χ0) is 19.3. The fourth-order valence-corrected chi connectivity index (χ4v) is 3.54. The molecule has 0 radical (unpaired) electrons. The summed E-state index contributed by atoms with van der Waals surface area (Å²) in [6, 6.07) is 21.1. The normalized spacial score (nSPS) is 11.3. The summed E-state index contributed by atoms with van der Waals surface area (Å²) in [7, 11) is 0. The first-order valence-electron chi connectivity index (χ1n) is 8.59. The Balaban J connectivity index is 1.97. The van der Waals surface area contributed by atoms with E-state index in [4.69, 9.17) is 0 Å². The summed E-state index contributed by atoms with van der Waals surface area (Å²) in [5.74, 6) is 0. The van der Waals surface area contributed by atoms with Crippen molar-refractivity contribution in [3.63, 3.8) is 0 Å². The van der Waals surface area contributed by atoms with E-state index in [0.29, 0.717) is 16.6 Å². The van der Waals surface area contributed by atoms with Crippen molar-refractivity contribution in [3.8, 4) is 5.69 Å². The van der Waals surface area contributed by atoms with Gasteiger partial charge in [0.1, 0.15) is 5.52 Å². The molecular formula is C21H12N4O3. The molecule has 0 amide bonds. The first-order chi connectivity index (χ1) is 13.6. The molecule has 7 nitrogen and oxygen atoms in total. The number of non-ortho nitro benzene ring substituents is 1. The lowest BCUT2D eigenvalue weighted by atomic mass is 10.1. The predicted molar refractivity (Wildman–Crippen MR) is 107 cm³/mol. The van der Waals surface area contributed by atoms with E-state index in [1.165, 1.54) is 12.1 Å². The lowest BCUT2D eigenvalue weighted by molar-refractivity contribution is -0.384. The largest absolute Gasteiger partial charge is 0.287 e. The Labute approximate surface area is 157 Å². The average Bonchev–Trinajstić information content (AvgIpc) is 3.14. The van der Waals surface area contributed by atoms with E-state index in [2.05, 4.69) is 10.3 Å². The number of nitro groups is 1. The van der Waals surface area contributed by atoms with Gasteiger partial charge in [0.2, 0.25) is 5.43 Å². The van der Waals surface area contributed by atoms with E-state index in [1.54, 1.807) is 22.9 Å². The molecule has 134 valence electrons. The van der Waals surface area contributed by atoms with Crippen LogP contribution in [-0.4, -0.2) is 19.9 Å². The van der Waals surface area contributed by atoms with Gasteiger partial charge in [-0.2, -0.15) is 0 Å². The Kier molecular flexibility index (Phi) is 3.42. The molecule has 0 aliphatic heterocycles. The zero-order valence-corrected chi connectivity index (χ0v) is 14.4. The third-order valence-electron chi connectivity index (χ3n) is 4.83. The number of fused-ring (bicyclic) bond motifs is 5. The molecule has 0 N–H and O–H groups in total. The molecule has 0 bridgehead atoms. The van der Waals surface area contributed by atoms with Gasteiger partial charge in [0, 0.05) is 22.9 Å². The summed E-state index contributed by atoms with van der Waals surface area (Å²) >= 11 is 0. The topological polar surface area (TPSA) is 90.9 Å². The minimum absolute atomic E-state index is 0.0150. The summed E-state index contributed by atoms with van der Waals surface area (Å²) in [5.41, 5.74) is 1.21. The second-order valence-corrected chi connectivity index (χ2v) is 6.39. The van der Waals surface area contributed by atoms with Crippen molar-refractivity contribution in [3.05, 3.63) is 93.1 Å². The molecular weight excluding hydrogens is 356 g/mol. The average molecular weight is 368 g/mol. The van der Waals surface area contributed by atoms with Gasteiger partial charge in [0.05, 0.1) is 10.6 Å². The van der Waals surface area contributed by atoms with Crippen molar-refractivity contribution in [2.24, 2.45) is 0 Å². The Bertz CT molecular complexity index is 1460. The van der Waals surface area contributed by atoms with Crippen LogP contribution in [0.25, 0.3) is 38.3 Å². The predicted octanol–water partition coefficient (Wildman–Crippen LogP) is 4.00.